The van der Waals surface area contributed by atoms with Gasteiger partial charge in [-0.3, -0.25) is 0 Å². The van der Waals surface area contributed by atoms with Crippen LogP contribution in [0.2, 0.25) is 0 Å². The topological polar surface area (TPSA) is 61.0 Å². The Morgan fingerprint density at radius 1 is 1.11 bits per heavy atom. The third-order valence-electron chi connectivity index (χ3n) is 5.02. The van der Waals surface area contributed by atoms with Gasteiger partial charge in [0, 0.05) is 24.7 Å². The summed E-state index contributed by atoms with van der Waals surface area (Å²) in [7, 11) is 0. The van der Waals surface area contributed by atoms with Crippen molar-refractivity contribution < 1.29 is 18.0 Å². The maximum absolute atomic E-state index is 12.8. The van der Waals surface area contributed by atoms with E-state index < -0.39 is 11.7 Å². The van der Waals surface area contributed by atoms with Crippen LogP contribution in [-0.4, -0.2) is 34.0 Å². The van der Waals surface area contributed by atoms with Crippen molar-refractivity contribution in [1.82, 2.24) is 14.9 Å². The Kier molecular flexibility index (Phi) is 4.70. The summed E-state index contributed by atoms with van der Waals surface area (Å²) in [6.45, 7) is 1.04. The number of nitrogens with zero attached hydrogens (tertiary/aromatic N) is 2. The Morgan fingerprint density at radius 2 is 1.86 bits per heavy atom. The van der Waals surface area contributed by atoms with Crippen LogP contribution in [0.4, 0.5) is 23.7 Å². The number of alkyl halides is 3. The molecule has 1 aromatic heterocycles. The highest BCUT2D eigenvalue weighted by Gasteiger charge is 2.31. The molecule has 0 unspecified atom stereocenters. The average Bonchev–Trinajstić information content (AvgIpc) is 3.12. The molecule has 2 heterocycles. The third-order valence-corrected chi connectivity index (χ3v) is 5.02. The van der Waals surface area contributed by atoms with Crippen molar-refractivity contribution in [3.8, 4) is 0 Å². The lowest BCUT2D eigenvalue weighted by Gasteiger charge is -2.31. The summed E-state index contributed by atoms with van der Waals surface area (Å²) in [6.07, 6.45) is -2.95. The van der Waals surface area contributed by atoms with E-state index in [2.05, 4.69) is 15.3 Å². The van der Waals surface area contributed by atoms with Gasteiger partial charge in [0.15, 0.2) is 0 Å². The molecule has 2 aromatic carbocycles. The quantitative estimate of drug-likeness (QED) is 0.650. The van der Waals surface area contributed by atoms with Crippen LogP contribution in [-0.2, 0) is 6.18 Å². The first-order valence-corrected chi connectivity index (χ1v) is 9.08. The summed E-state index contributed by atoms with van der Waals surface area (Å²) in [6, 6.07) is 12.1. The molecule has 0 radical (unpaired) electrons. The summed E-state index contributed by atoms with van der Waals surface area (Å²) in [5.41, 5.74) is 1.26. The maximum Gasteiger partial charge on any atom is 0.416 e. The fourth-order valence-corrected chi connectivity index (χ4v) is 3.50. The fraction of sp³-hybridized carbons (Fsp3) is 0.300. The second kappa shape index (κ2) is 7.18. The second-order valence-electron chi connectivity index (χ2n) is 6.91. The lowest BCUT2D eigenvalue weighted by molar-refractivity contribution is -0.137. The van der Waals surface area contributed by atoms with E-state index in [4.69, 9.17) is 0 Å². The van der Waals surface area contributed by atoms with E-state index in [1.807, 2.05) is 24.3 Å². The number of aromatic amines is 1. The minimum Gasteiger partial charge on any atom is -0.342 e. The van der Waals surface area contributed by atoms with Gasteiger partial charge in [-0.1, -0.05) is 18.2 Å². The second-order valence-corrected chi connectivity index (χ2v) is 6.91. The van der Waals surface area contributed by atoms with E-state index >= 15 is 0 Å². The molecule has 0 aliphatic carbocycles. The number of rotatable bonds is 2. The summed E-state index contributed by atoms with van der Waals surface area (Å²) in [5.74, 6) is 1.14. The zero-order chi connectivity index (χ0) is 19.7. The van der Waals surface area contributed by atoms with E-state index in [1.165, 1.54) is 12.1 Å². The number of carbonyl (C=O) groups is 1. The van der Waals surface area contributed by atoms with Crippen molar-refractivity contribution in [2.24, 2.45) is 0 Å². The van der Waals surface area contributed by atoms with Crippen LogP contribution < -0.4 is 5.32 Å². The molecule has 8 heteroatoms. The number of hydrogen-bond donors (Lipinski definition) is 2. The van der Waals surface area contributed by atoms with Crippen molar-refractivity contribution in [3.63, 3.8) is 0 Å². The van der Waals surface area contributed by atoms with E-state index in [-0.39, 0.29) is 17.6 Å². The molecule has 0 bridgehead atoms. The van der Waals surface area contributed by atoms with Crippen molar-refractivity contribution in [2.45, 2.75) is 24.9 Å². The van der Waals surface area contributed by atoms with Crippen LogP contribution in [0.5, 0.6) is 0 Å². The number of anilines is 1. The molecule has 2 amide bonds. The molecule has 0 saturated carbocycles. The zero-order valence-corrected chi connectivity index (χ0v) is 15.0. The molecule has 2 N–H and O–H groups in total. The first-order chi connectivity index (χ1) is 13.4. The van der Waals surface area contributed by atoms with Gasteiger partial charge in [-0.15, -0.1) is 0 Å². The molecule has 5 nitrogen and oxygen atoms in total. The number of hydrogen-bond acceptors (Lipinski definition) is 2. The Bertz CT molecular complexity index is 957. The number of benzene rings is 2. The number of likely N-dealkylation sites (tertiary alicyclic amines) is 1. The Labute approximate surface area is 159 Å². The lowest BCUT2D eigenvalue weighted by atomic mass is 9.96. The predicted molar refractivity (Wildman–Crippen MR) is 100 cm³/mol. The van der Waals surface area contributed by atoms with Crippen LogP contribution >= 0.6 is 0 Å². The van der Waals surface area contributed by atoms with Crippen LogP contribution in [0.1, 0.15) is 30.1 Å². The van der Waals surface area contributed by atoms with Crippen molar-refractivity contribution in [2.75, 3.05) is 18.4 Å². The molecule has 1 saturated heterocycles. The lowest BCUT2D eigenvalue weighted by Crippen LogP contribution is -2.40. The van der Waals surface area contributed by atoms with Gasteiger partial charge in [-0.2, -0.15) is 13.2 Å². The van der Waals surface area contributed by atoms with Crippen molar-refractivity contribution in [3.05, 3.63) is 59.9 Å². The summed E-state index contributed by atoms with van der Waals surface area (Å²) in [4.78, 5) is 22.0. The highest BCUT2D eigenvalue weighted by molar-refractivity contribution is 5.89. The molecule has 1 aliphatic rings. The van der Waals surface area contributed by atoms with Crippen LogP contribution in [0.15, 0.2) is 48.5 Å². The molecule has 0 atom stereocenters. The van der Waals surface area contributed by atoms with E-state index in [9.17, 15) is 18.0 Å². The van der Waals surface area contributed by atoms with Crippen molar-refractivity contribution >= 4 is 22.8 Å². The van der Waals surface area contributed by atoms with Gasteiger partial charge in [-0.05, 0) is 43.2 Å². The first kappa shape index (κ1) is 18.3. The normalized spacial score (nSPS) is 15.8. The number of halogens is 3. The highest BCUT2D eigenvalue weighted by atomic mass is 19.4. The number of imidazole rings is 1. The predicted octanol–water partition coefficient (Wildman–Crippen LogP) is 4.99. The van der Waals surface area contributed by atoms with Gasteiger partial charge < -0.3 is 15.2 Å². The summed E-state index contributed by atoms with van der Waals surface area (Å²) in [5, 5.41) is 2.56. The monoisotopic (exact) mass is 388 g/mol. The average molecular weight is 388 g/mol. The van der Waals surface area contributed by atoms with Gasteiger partial charge in [0.25, 0.3) is 0 Å². The third kappa shape index (κ3) is 3.81. The van der Waals surface area contributed by atoms with E-state index in [0.29, 0.717) is 13.1 Å². The SMILES string of the molecule is O=C(Nc1cccc(C(F)(F)F)c1)N1CCC(c2nc3ccccc3[nH]2)CC1. The molecule has 28 heavy (non-hydrogen) atoms. The number of para-hydroxylation sites is 2. The largest absolute Gasteiger partial charge is 0.416 e. The Balaban J connectivity index is 1.37. The number of carbonyl (C=O) groups excluding carboxylic acids is 1. The number of fused-ring (bicyclic) bond motifs is 1. The smallest absolute Gasteiger partial charge is 0.342 e. The molecular weight excluding hydrogens is 369 g/mol. The first-order valence-electron chi connectivity index (χ1n) is 9.08. The van der Waals surface area contributed by atoms with Crippen LogP contribution in [0, 0.1) is 0 Å². The number of piperidine rings is 1. The maximum atomic E-state index is 12.8. The van der Waals surface area contributed by atoms with E-state index in [1.54, 1.807) is 4.90 Å². The molecule has 0 spiro atoms. The molecule has 4 rings (SSSR count). The molecule has 146 valence electrons. The van der Waals surface area contributed by atoms with Gasteiger partial charge in [-0.25, -0.2) is 9.78 Å². The summed E-state index contributed by atoms with van der Waals surface area (Å²) >= 11 is 0. The van der Waals surface area contributed by atoms with E-state index in [0.717, 1.165) is 41.8 Å². The van der Waals surface area contributed by atoms with Gasteiger partial charge >= 0.3 is 12.2 Å². The number of amides is 2. The summed E-state index contributed by atoms with van der Waals surface area (Å²) < 4.78 is 38.4. The Hall–Kier alpha value is -3.03. The number of H-pyrrole nitrogens is 1. The van der Waals surface area contributed by atoms with Crippen LogP contribution in [0.3, 0.4) is 0 Å². The molecule has 1 fully saturated rings. The Morgan fingerprint density at radius 3 is 2.57 bits per heavy atom. The zero-order valence-electron chi connectivity index (χ0n) is 15.0. The minimum atomic E-state index is -4.44. The van der Waals surface area contributed by atoms with Gasteiger partial charge in [0.2, 0.25) is 0 Å². The minimum absolute atomic E-state index is 0.138. The van der Waals surface area contributed by atoms with Crippen LogP contribution in [0.25, 0.3) is 11.0 Å². The molecule has 1 aliphatic heterocycles. The number of urea groups is 1. The number of nitrogens with one attached hydrogen (secondary N) is 2. The highest BCUT2D eigenvalue weighted by Crippen LogP contribution is 2.31. The molecule has 3 aromatic rings. The van der Waals surface area contributed by atoms with Gasteiger partial charge in [0.05, 0.1) is 16.6 Å². The molecular formula is C20H19F3N4O. The standard InChI is InChI=1S/C20H19F3N4O/c21-20(22,23)14-4-3-5-15(12-14)24-19(28)27-10-8-13(9-11-27)18-25-16-6-1-2-7-17(16)26-18/h1-7,12-13H,8-11H2,(H,24,28)(H,25,26). The number of aromatic nitrogens is 2. The fourth-order valence-electron chi connectivity index (χ4n) is 3.50. The van der Waals surface area contributed by atoms with Crippen molar-refractivity contribution in [1.29, 1.82) is 0 Å². The van der Waals surface area contributed by atoms with Gasteiger partial charge in [0.1, 0.15) is 5.82 Å².